The predicted molar refractivity (Wildman–Crippen MR) is 82.0 cm³/mol. The van der Waals surface area contributed by atoms with E-state index in [-0.39, 0.29) is 17.9 Å². The van der Waals surface area contributed by atoms with Crippen molar-refractivity contribution in [1.29, 1.82) is 0 Å². The van der Waals surface area contributed by atoms with Gasteiger partial charge in [-0.25, -0.2) is 19.6 Å². The molecule has 2 saturated carbocycles. The van der Waals surface area contributed by atoms with Crippen molar-refractivity contribution < 1.29 is 14.4 Å². The Bertz CT molecular complexity index is 488. The number of carbonyl (C=O) groups is 1. The minimum absolute atomic E-state index is 0.104. The van der Waals surface area contributed by atoms with E-state index in [1.807, 2.05) is 13.8 Å². The normalized spacial score (nSPS) is 38.5. The Morgan fingerprint density at radius 2 is 1.27 bits per heavy atom. The first-order chi connectivity index (χ1) is 10.5. The van der Waals surface area contributed by atoms with Crippen LogP contribution in [-0.4, -0.2) is 30.0 Å². The van der Waals surface area contributed by atoms with Gasteiger partial charge in [-0.15, -0.1) is 0 Å². The summed E-state index contributed by atoms with van der Waals surface area (Å²) in [6.45, 7) is 3.84. The molecule has 4 unspecified atom stereocenters. The highest BCUT2D eigenvalue weighted by Gasteiger charge is 2.53. The Hall–Kier alpha value is -1.57. The minimum Gasteiger partial charge on any atom is -0.298 e. The van der Waals surface area contributed by atoms with Crippen LogP contribution in [0.2, 0.25) is 0 Å². The fourth-order valence-electron chi connectivity index (χ4n) is 4.35. The fraction of sp³-hybridized carbons (Fsp3) is 0.824. The van der Waals surface area contributed by atoms with Crippen molar-refractivity contribution in [3.63, 3.8) is 0 Å². The van der Waals surface area contributed by atoms with Crippen LogP contribution in [0.5, 0.6) is 0 Å². The van der Waals surface area contributed by atoms with Gasteiger partial charge in [-0.3, -0.25) is 4.79 Å². The molecule has 5 heteroatoms. The molecule has 0 radical (unpaired) electrons. The third-order valence-electron chi connectivity index (χ3n) is 5.77. The summed E-state index contributed by atoms with van der Waals surface area (Å²) in [6, 6.07) is -0.600. The molecule has 0 aromatic heterocycles. The molecule has 2 aliphatic rings. The second-order valence-corrected chi connectivity index (χ2v) is 7.13. The van der Waals surface area contributed by atoms with Crippen LogP contribution in [0.4, 0.5) is 0 Å². The van der Waals surface area contributed by atoms with Crippen LogP contribution in [-0.2, 0) is 14.4 Å². The average molecular weight is 304 g/mol. The summed E-state index contributed by atoms with van der Waals surface area (Å²) in [5.74, 6) is 0.104. The zero-order valence-corrected chi connectivity index (χ0v) is 13.4. The molecule has 0 aliphatic heterocycles. The summed E-state index contributed by atoms with van der Waals surface area (Å²) in [5.41, 5.74) is -1.31. The summed E-state index contributed by atoms with van der Waals surface area (Å²) in [7, 11) is 0. The van der Waals surface area contributed by atoms with E-state index in [0.717, 1.165) is 51.4 Å². The molecule has 22 heavy (non-hydrogen) atoms. The molecular weight excluding hydrogens is 280 g/mol. The Morgan fingerprint density at radius 3 is 1.64 bits per heavy atom. The highest BCUT2D eigenvalue weighted by Crippen LogP contribution is 2.49. The second kappa shape index (κ2) is 6.68. The van der Waals surface area contributed by atoms with E-state index in [4.69, 9.17) is 0 Å². The molecule has 5 nitrogen and oxygen atoms in total. The lowest BCUT2D eigenvalue weighted by Gasteiger charge is -2.46. The Balaban J connectivity index is 2.37. The van der Waals surface area contributed by atoms with Crippen LogP contribution in [0.15, 0.2) is 9.98 Å². The summed E-state index contributed by atoms with van der Waals surface area (Å²) in [5, 5.41) is 0. The lowest BCUT2D eigenvalue weighted by Crippen LogP contribution is -2.53. The number of nitrogens with zero attached hydrogens (tertiary/aromatic N) is 2. The van der Waals surface area contributed by atoms with E-state index in [1.165, 1.54) is 0 Å². The molecule has 0 spiro atoms. The lowest BCUT2D eigenvalue weighted by molar-refractivity contribution is -0.143. The SMILES string of the molecule is CC1(C(=O)C2(C)CCCCC2N=C=O)CCCCC1N=C=O. The highest BCUT2D eigenvalue weighted by molar-refractivity contribution is 5.91. The Kier molecular flexibility index (Phi) is 5.10. The molecule has 4 atom stereocenters. The smallest absolute Gasteiger partial charge is 0.235 e. The summed E-state index contributed by atoms with van der Waals surface area (Å²) in [4.78, 5) is 42.7. The first-order valence-corrected chi connectivity index (χ1v) is 8.18. The van der Waals surface area contributed by atoms with E-state index in [0.29, 0.717) is 0 Å². The third kappa shape index (κ3) is 2.84. The zero-order valence-electron chi connectivity index (χ0n) is 13.4. The van der Waals surface area contributed by atoms with Gasteiger partial charge in [0.2, 0.25) is 12.2 Å². The van der Waals surface area contributed by atoms with Gasteiger partial charge in [0, 0.05) is 0 Å². The minimum atomic E-state index is -0.654. The number of rotatable bonds is 4. The first-order valence-electron chi connectivity index (χ1n) is 8.18. The van der Waals surface area contributed by atoms with Crippen LogP contribution in [0, 0.1) is 10.8 Å². The maximum atomic E-state index is 13.4. The molecule has 2 rings (SSSR count). The van der Waals surface area contributed by atoms with Gasteiger partial charge in [0.15, 0.2) is 0 Å². The molecule has 2 aliphatic carbocycles. The number of aliphatic imine (C=N–C) groups is 2. The molecule has 0 aromatic carbocycles. The summed E-state index contributed by atoms with van der Waals surface area (Å²) >= 11 is 0. The molecule has 2 fully saturated rings. The number of hydrogen-bond donors (Lipinski definition) is 0. The predicted octanol–water partition coefficient (Wildman–Crippen LogP) is 3.12. The van der Waals surface area contributed by atoms with Gasteiger partial charge in [0.05, 0.1) is 22.9 Å². The molecule has 0 aromatic rings. The van der Waals surface area contributed by atoms with E-state index in [1.54, 1.807) is 12.2 Å². The molecule has 0 bridgehead atoms. The number of carbonyl (C=O) groups excluding carboxylic acids is 3. The van der Waals surface area contributed by atoms with Crippen molar-refractivity contribution in [1.82, 2.24) is 0 Å². The van der Waals surface area contributed by atoms with Gasteiger partial charge in [-0.1, -0.05) is 39.5 Å². The van der Waals surface area contributed by atoms with E-state index < -0.39 is 10.8 Å². The number of hydrogen-bond acceptors (Lipinski definition) is 5. The standard InChI is InChI=1S/C17H24N2O3/c1-16(9-5-3-7-13(16)18-11-20)15(22)17(2)10-6-4-8-14(17)19-12-21/h13-14H,3-10H2,1-2H3. The topological polar surface area (TPSA) is 75.9 Å². The van der Waals surface area contributed by atoms with Gasteiger partial charge in [-0.2, -0.15) is 0 Å². The number of ketones is 1. The van der Waals surface area contributed by atoms with E-state index in [9.17, 15) is 14.4 Å². The Morgan fingerprint density at radius 1 is 0.864 bits per heavy atom. The molecule has 0 saturated heterocycles. The van der Waals surface area contributed by atoms with Crippen molar-refractivity contribution in [3.8, 4) is 0 Å². The molecule has 0 N–H and O–H groups in total. The van der Waals surface area contributed by atoms with Crippen molar-refractivity contribution in [3.05, 3.63) is 0 Å². The molecule has 0 amide bonds. The quantitative estimate of drug-likeness (QED) is 0.591. The zero-order chi connectivity index (χ0) is 16.2. The van der Waals surface area contributed by atoms with Crippen molar-refractivity contribution in [2.24, 2.45) is 20.8 Å². The molecule has 120 valence electrons. The van der Waals surface area contributed by atoms with Crippen LogP contribution in [0.1, 0.15) is 65.2 Å². The summed E-state index contributed by atoms with van der Waals surface area (Å²) in [6.07, 6.45) is 10.1. The van der Waals surface area contributed by atoms with Crippen LogP contribution < -0.4 is 0 Å². The largest absolute Gasteiger partial charge is 0.298 e. The van der Waals surface area contributed by atoms with Crippen molar-refractivity contribution in [2.45, 2.75) is 77.3 Å². The van der Waals surface area contributed by atoms with Gasteiger partial charge >= 0.3 is 0 Å². The number of isocyanates is 2. The maximum absolute atomic E-state index is 13.4. The number of Topliss-reactive ketones (excluding diaryl/α,β-unsaturated/α-hetero) is 1. The van der Waals surface area contributed by atoms with Crippen molar-refractivity contribution in [2.75, 3.05) is 0 Å². The van der Waals surface area contributed by atoms with Gasteiger partial charge in [0.25, 0.3) is 0 Å². The Labute approximate surface area is 131 Å². The van der Waals surface area contributed by atoms with Crippen LogP contribution in [0.25, 0.3) is 0 Å². The maximum Gasteiger partial charge on any atom is 0.235 e. The third-order valence-corrected chi connectivity index (χ3v) is 5.77. The first kappa shape index (κ1) is 16.8. The average Bonchev–Trinajstić information content (AvgIpc) is 2.52. The molecule has 0 heterocycles. The van der Waals surface area contributed by atoms with Gasteiger partial charge in [-0.05, 0) is 25.7 Å². The lowest BCUT2D eigenvalue weighted by atomic mass is 9.57. The van der Waals surface area contributed by atoms with Crippen molar-refractivity contribution >= 4 is 17.9 Å². The van der Waals surface area contributed by atoms with Gasteiger partial charge < -0.3 is 0 Å². The van der Waals surface area contributed by atoms with E-state index >= 15 is 0 Å². The summed E-state index contributed by atoms with van der Waals surface area (Å²) < 4.78 is 0. The second-order valence-electron chi connectivity index (χ2n) is 7.13. The monoisotopic (exact) mass is 304 g/mol. The fourth-order valence-corrected chi connectivity index (χ4v) is 4.35. The molecular formula is C17H24N2O3. The highest BCUT2D eigenvalue weighted by atomic mass is 16.1. The van der Waals surface area contributed by atoms with Crippen LogP contribution >= 0.6 is 0 Å². The van der Waals surface area contributed by atoms with Gasteiger partial charge in [0.1, 0.15) is 5.78 Å². The van der Waals surface area contributed by atoms with E-state index in [2.05, 4.69) is 9.98 Å². The van der Waals surface area contributed by atoms with Crippen LogP contribution in [0.3, 0.4) is 0 Å².